The molecule has 5 rings (SSSR count). The summed E-state index contributed by atoms with van der Waals surface area (Å²) in [7, 11) is 0. The maximum atomic E-state index is 6.15. The normalized spacial score (nSPS) is 19.2. The van der Waals surface area contributed by atoms with Gasteiger partial charge in [-0.2, -0.15) is 0 Å². The number of hydrazine groups is 1. The van der Waals surface area contributed by atoms with E-state index in [0.29, 0.717) is 0 Å². The molecule has 3 aromatic rings. The van der Waals surface area contributed by atoms with Gasteiger partial charge in [-0.1, -0.05) is 66.2 Å². The van der Waals surface area contributed by atoms with Crippen molar-refractivity contribution in [3.8, 4) is 0 Å². The molecule has 0 fully saturated rings. The topological polar surface area (TPSA) is 27.3 Å². The molecule has 0 bridgehead atoms. The van der Waals surface area contributed by atoms with Gasteiger partial charge in [0.05, 0.1) is 11.7 Å². The summed E-state index contributed by atoms with van der Waals surface area (Å²) in [5, 5.41) is 9.05. The molecule has 2 heterocycles. The van der Waals surface area contributed by atoms with E-state index < -0.39 is 0 Å². The maximum absolute atomic E-state index is 6.15. The first kappa shape index (κ1) is 17.4. The van der Waals surface area contributed by atoms with Crippen molar-refractivity contribution in [1.29, 1.82) is 0 Å². The summed E-state index contributed by atoms with van der Waals surface area (Å²) >= 11 is 6.15. The molecule has 0 aromatic heterocycles. The van der Waals surface area contributed by atoms with Crippen molar-refractivity contribution in [1.82, 2.24) is 15.8 Å². The molecular weight excluding hydrogens is 366 g/mol. The van der Waals surface area contributed by atoms with Crippen LogP contribution in [-0.2, 0) is 6.54 Å². The largest absolute Gasteiger partial charge is 0.391 e. The van der Waals surface area contributed by atoms with Crippen LogP contribution in [0.4, 0.5) is 0 Å². The third kappa shape index (κ3) is 3.17. The molecule has 2 N–H and O–H groups in total. The highest BCUT2D eigenvalue weighted by molar-refractivity contribution is 6.30. The Morgan fingerprint density at radius 2 is 1.79 bits per heavy atom. The second-order valence-electron chi connectivity index (χ2n) is 7.31. The summed E-state index contributed by atoms with van der Waals surface area (Å²) < 4.78 is 0. The Morgan fingerprint density at radius 1 is 0.964 bits per heavy atom. The van der Waals surface area contributed by atoms with E-state index in [-0.39, 0.29) is 6.04 Å². The molecule has 0 saturated heterocycles. The zero-order valence-corrected chi connectivity index (χ0v) is 16.3. The van der Waals surface area contributed by atoms with Crippen molar-refractivity contribution >= 4 is 22.4 Å². The fourth-order valence-electron chi connectivity index (χ4n) is 4.25. The van der Waals surface area contributed by atoms with Gasteiger partial charge >= 0.3 is 0 Å². The van der Waals surface area contributed by atoms with Gasteiger partial charge in [-0.05, 0) is 58.3 Å². The van der Waals surface area contributed by atoms with Crippen LogP contribution in [0.2, 0.25) is 5.02 Å². The van der Waals surface area contributed by atoms with E-state index in [4.69, 9.17) is 11.6 Å². The maximum Gasteiger partial charge on any atom is 0.0778 e. The second-order valence-corrected chi connectivity index (χ2v) is 7.74. The van der Waals surface area contributed by atoms with Crippen molar-refractivity contribution in [3.05, 3.63) is 106 Å². The van der Waals surface area contributed by atoms with E-state index in [1.165, 1.54) is 33.2 Å². The number of halogens is 1. The molecule has 3 aromatic carbocycles. The predicted octanol–water partition coefficient (Wildman–Crippen LogP) is 5.32. The van der Waals surface area contributed by atoms with E-state index in [9.17, 15) is 0 Å². The summed E-state index contributed by atoms with van der Waals surface area (Å²) in [6.07, 6.45) is 5.19. The highest BCUT2D eigenvalue weighted by atomic mass is 35.5. The van der Waals surface area contributed by atoms with E-state index in [1.807, 2.05) is 18.3 Å². The van der Waals surface area contributed by atoms with Gasteiger partial charge in [0, 0.05) is 18.1 Å². The van der Waals surface area contributed by atoms with Gasteiger partial charge in [-0.25, -0.2) is 5.01 Å². The number of hydrogen-bond acceptors (Lipinski definition) is 3. The molecule has 1 atom stereocenters. The van der Waals surface area contributed by atoms with Gasteiger partial charge in [0.2, 0.25) is 0 Å². The molecule has 140 valence electrons. The number of nitrogens with one attached hydrogen (secondary N) is 2. The minimum Gasteiger partial charge on any atom is -0.391 e. The van der Waals surface area contributed by atoms with Crippen molar-refractivity contribution in [3.63, 3.8) is 0 Å². The van der Waals surface area contributed by atoms with E-state index >= 15 is 0 Å². The van der Waals surface area contributed by atoms with Crippen molar-refractivity contribution < 1.29 is 0 Å². The number of nitrogens with zero attached hydrogens (tertiary/aromatic N) is 1. The lowest BCUT2D eigenvalue weighted by Gasteiger charge is -2.28. The van der Waals surface area contributed by atoms with Crippen LogP contribution >= 0.6 is 11.6 Å². The smallest absolute Gasteiger partial charge is 0.0778 e. The Balaban J connectivity index is 1.54. The van der Waals surface area contributed by atoms with Crippen molar-refractivity contribution in [2.24, 2.45) is 0 Å². The van der Waals surface area contributed by atoms with Gasteiger partial charge in [0.15, 0.2) is 0 Å². The molecule has 28 heavy (non-hydrogen) atoms. The molecule has 1 unspecified atom stereocenters. The third-order valence-corrected chi connectivity index (χ3v) is 5.82. The fraction of sp³-hybridized carbons (Fsp3) is 0.167. The lowest BCUT2D eigenvalue weighted by atomic mass is 9.95. The highest BCUT2D eigenvalue weighted by Crippen LogP contribution is 2.39. The molecule has 4 heteroatoms. The quantitative estimate of drug-likeness (QED) is 0.637. The van der Waals surface area contributed by atoms with E-state index in [1.54, 1.807) is 0 Å². The van der Waals surface area contributed by atoms with Crippen LogP contribution in [0.1, 0.15) is 23.6 Å². The number of allylic oxidation sites excluding steroid dienone is 1. The molecule has 3 nitrogen and oxygen atoms in total. The molecule has 0 spiro atoms. The highest BCUT2D eigenvalue weighted by Gasteiger charge is 2.33. The Labute approximate surface area is 170 Å². The average molecular weight is 388 g/mol. The summed E-state index contributed by atoms with van der Waals surface area (Å²) in [4.78, 5) is 0. The van der Waals surface area contributed by atoms with Gasteiger partial charge < -0.3 is 10.7 Å². The molecule has 0 aliphatic carbocycles. The summed E-state index contributed by atoms with van der Waals surface area (Å²) in [5.74, 6) is 0. The first-order valence-corrected chi connectivity index (χ1v) is 10.1. The van der Waals surface area contributed by atoms with Crippen LogP contribution in [0.25, 0.3) is 10.8 Å². The standard InChI is InChI=1S/C24H22ClN3/c25-20-10-8-18(9-11-20)24-22-12-14-26-15-13-23(22)27-28(24)16-19-6-3-5-17-4-1-2-7-21(17)19/h1-11,13,15,24,26-27H,12,14,16H2. The van der Waals surface area contributed by atoms with Gasteiger partial charge in [-0.15, -0.1) is 0 Å². The van der Waals surface area contributed by atoms with Crippen LogP contribution < -0.4 is 10.7 Å². The monoisotopic (exact) mass is 387 g/mol. The Kier molecular flexibility index (Phi) is 4.55. The zero-order chi connectivity index (χ0) is 18.9. The Morgan fingerprint density at radius 3 is 2.68 bits per heavy atom. The van der Waals surface area contributed by atoms with Gasteiger partial charge in [0.1, 0.15) is 0 Å². The number of fused-ring (bicyclic) bond motifs is 1. The van der Waals surface area contributed by atoms with Crippen molar-refractivity contribution in [2.45, 2.75) is 19.0 Å². The molecule has 0 amide bonds. The molecule has 2 aliphatic heterocycles. The molecule has 0 saturated carbocycles. The third-order valence-electron chi connectivity index (χ3n) is 5.56. The van der Waals surface area contributed by atoms with Crippen LogP contribution in [-0.4, -0.2) is 11.6 Å². The number of hydrogen-bond donors (Lipinski definition) is 2. The fourth-order valence-corrected chi connectivity index (χ4v) is 4.37. The van der Waals surface area contributed by atoms with Crippen LogP contribution in [0.15, 0.2) is 90.3 Å². The summed E-state index contributed by atoms with van der Waals surface area (Å²) in [6, 6.07) is 23.6. The first-order chi connectivity index (χ1) is 13.8. The number of rotatable bonds is 3. The zero-order valence-electron chi connectivity index (χ0n) is 15.5. The first-order valence-electron chi connectivity index (χ1n) is 9.68. The lowest BCUT2D eigenvalue weighted by molar-refractivity contribution is 0.183. The lowest BCUT2D eigenvalue weighted by Crippen LogP contribution is -2.34. The minimum atomic E-state index is 0.191. The molecule has 0 radical (unpaired) electrons. The SMILES string of the molecule is Clc1ccc(C2C3=C(C=CNCC3)NN2Cc2cccc3ccccc23)cc1. The minimum absolute atomic E-state index is 0.191. The van der Waals surface area contributed by atoms with Gasteiger partial charge in [-0.3, -0.25) is 0 Å². The summed E-state index contributed by atoms with van der Waals surface area (Å²) in [5.41, 5.74) is 8.87. The average Bonchev–Trinajstić information content (AvgIpc) is 2.90. The van der Waals surface area contributed by atoms with Crippen LogP contribution in [0, 0.1) is 0 Å². The molecular formula is C24H22ClN3. The second kappa shape index (κ2) is 7.34. The van der Waals surface area contributed by atoms with E-state index in [0.717, 1.165) is 24.5 Å². The Bertz CT molecular complexity index is 1060. The Hall–Kier alpha value is -2.75. The number of benzene rings is 3. The van der Waals surface area contributed by atoms with Gasteiger partial charge in [0.25, 0.3) is 0 Å². The van der Waals surface area contributed by atoms with Crippen LogP contribution in [0.3, 0.4) is 0 Å². The van der Waals surface area contributed by atoms with Crippen molar-refractivity contribution in [2.75, 3.05) is 6.54 Å². The van der Waals surface area contributed by atoms with Crippen LogP contribution in [0.5, 0.6) is 0 Å². The van der Waals surface area contributed by atoms with E-state index in [2.05, 4.69) is 76.4 Å². The predicted molar refractivity (Wildman–Crippen MR) is 116 cm³/mol. The molecule has 2 aliphatic rings. The summed E-state index contributed by atoms with van der Waals surface area (Å²) in [6.45, 7) is 1.77.